The number of nitrogens with one attached hydrogen (secondary N) is 1. The predicted octanol–water partition coefficient (Wildman–Crippen LogP) is 2.49. The van der Waals surface area contributed by atoms with Crippen LogP contribution in [0.2, 0.25) is 0 Å². The van der Waals surface area contributed by atoms with Crippen LogP contribution in [0.15, 0.2) is 4.52 Å². The summed E-state index contributed by atoms with van der Waals surface area (Å²) >= 11 is 0. The molecule has 1 aromatic heterocycles. The third-order valence-corrected chi connectivity index (χ3v) is 5.15. The van der Waals surface area contributed by atoms with Crippen molar-refractivity contribution in [3.05, 3.63) is 17.0 Å². The summed E-state index contributed by atoms with van der Waals surface area (Å²) in [7, 11) is 0. The van der Waals surface area contributed by atoms with Gasteiger partial charge in [-0.2, -0.15) is 0 Å². The summed E-state index contributed by atoms with van der Waals surface area (Å²) in [5.41, 5.74) is 0.761. The van der Waals surface area contributed by atoms with E-state index in [0.29, 0.717) is 11.3 Å². The molecule has 1 rings (SSSR count). The van der Waals surface area contributed by atoms with Gasteiger partial charge in [-0.25, -0.2) is 0 Å². The molecule has 0 aliphatic rings. The quantitative estimate of drug-likeness (QED) is 0.729. The van der Waals surface area contributed by atoms with Gasteiger partial charge in [0, 0.05) is 17.1 Å². The molecule has 1 aromatic rings. The molecule has 23 heavy (non-hydrogen) atoms. The van der Waals surface area contributed by atoms with Crippen molar-refractivity contribution in [2.75, 3.05) is 13.1 Å². The van der Waals surface area contributed by atoms with Gasteiger partial charge in [0.1, 0.15) is 6.61 Å². The monoisotopic (exact) mass is 325 g/mol. The molecular formula is C17H31N3O3. The lowest BCUT2D eigenvalue weighted by molar-refractivity contribution is 0.0502. The third kappa shape index (κ3) is 3.75. The molecule has 1 heterocycles. The van der Waals surface area contributed by atoms with E-state index in [9.17, 15) is 4.79 Å². The summed E-state index contributed by atoms with van der Waals surface area (Å²) in [6.07, 6.45) is 1.90. The van der Waals surface area contributed by atoms with Crippen molar-refractivity contribution in [2.45, 2.75) is 72.6 Å². The SMILES string of the molecule is CCN(CC)C(CC)(CC)C(C)NC(=O)c1noc(CO)c1C. The molecule has 0 bridgehead atoms. The first kappa shape index (κ1) is 19.6. The third-order valence-electron chi connectivity index (χ3n) is 5.15. The highest BCUT2D eigenvalue weighted by atomic mass is 16.5. The highest BCUT2D eigenvalue weighted by molar-refractivity contribution is 5.93. The van der Waals surface area contributed by atoms with E-state index < -0.39 is 0 Å². The van der Waals surface area contributed by atoms with Crippen LogP contribution in [0, 0.1) is 6.92 Å². The van der Waals surface area contributed by atoms with Gasteiger partial charge in [0.05, 0.1) is 0 Å². The summed E-state index contributed by atoms with van der Waals surface area (Å²) in [6, 6.07) is -0.0291. The molecule has 6 nitrogen and oxygen atoms in total. The van der Waals surface area contributed by atoms with Crippen LogP contribution in [-0.2, 0) is 6.61 Å². The van der Waals surface area contributed by atoms with Gasteiger partial charge < -0.3 is 14.9 Å². The Hall–Kier alpha value is -1.40. The van der Waals surface area contributed by atoms with Crippen molar-refractivity contribution in [1.82, 2.24) is 15.4 Å². The van der Waals surface area contributed by atoms with Crippen LogP contribution >= 0.6 is 0 Å². The van der Waals surface area contributed by atoms with E-state index in [1.165, 1.54) is 0 Å². The van der Waals surface area contributed by atoms with Crippen molar-refractivity contribution in [1.29, 1.82) is 0 Å². The van der Waals surface area contributed by atoms with Crippen LogP contribution in [0.5, 0.6) is 0 Å². The first-order chi connectivity index (χ1) is 10.9. The van der Waals surface area contributed by atoms with Crippen LogP contribution < -0.4 is 5.32 Å². The summed E-state index contributed by atoms with van der Waals surface area (Å²) in [5, 5.41) is 16.0. The number of hydrogen-bond acceptors (Lipinski definition) is 5. The standard InChI is InChI=1S/C17H31N3O3/c1-7-17(8-2,20(9-3)10-4)13(6)18-16(22)15-12(5)14(11-21)23-19-15/h13,21H,7-11H2,1-6H3,(H,18,22). The Kier molecular flexibility index (Phi) is 7.22. The van der Waals surface area contributed by atoms with Crippen LogP contribution in [-0.4, -0.2) is 45.7 Å². The molecule has 0 radical (unpaired) electrons. The number of nitrogens with zero attached hydrogens (tertiary/aromatic N) is 2. The fraction of sp³-hybridized carbons (Fsp3) is 0.765. The minimum Gasteiger partial charge on any atom is -0.388 e. The van der Waals surface area contributed by atoms with Crippen molar-refractivity contribution in [3.8, 4) is 0 Å². The van der Waals surface area contributed by atoms with Crippen LogP contribution in [0.1, 0.15) is 69.3 Å². The lowest BCUT2D eigenvalue weighted by Gasteiger charge is -2.46. The van der Waals surface area contributed by atoms with E-state index in [2.05, 4.69) is 43.1 Å². The number of carbonyl (C=O) groups excluding carboxylic acids is 1. The maximum atomic E-state index is 12.5. The van der Waals surface area contributed by atoms with E-state index in [0.717, 1.165) is 25.9 Å². The van der Waals surface area contributed by atoms with Gasteiger partial charge in [0.25, 0.3) is 5.91 Å². The van der Waals surface area contributed by atoms with E-state index in [1.54, 1.807) is 6.92 Å². The zero-order valence-electron chi connectivity index (χ0n) is 15.3. The molecule has 6 heteroatoms. The van der Waals surface area contributed by atoms with Gasteiger partial charge >= 0.3 is 0 Å². The van der Waals surface area contributed by atoms with E-state index in [4.69, 9.17) is 9.63 Å². The van der Waals surface area contributed by atoms with Crippen LogP contribution in [0.25, 0.3) is 0 Å². The minimum absolute atomic E-state index is 0.0291. The topological polar surface area (TPSA) is 78.6 Å². The number of rotatable bonds is 9. The zero-order valence-corrected chi connectivity index (χ0v) is 15.3. The fourth-order valence-corrected chi connectivity index (χ4v) is 3.57. The van der Waals surface area contributed by atoms with Gasteiger partial charge in [-0.3, -0.25) is 9.69 Å². The van der Waals surface area contributed by atoms with Crippen LogP contribution in [0.4, 0.5) is 0 Å². The number of aliphatic hydroxyl groups excluding tert-OH is 1. The lowest BCUT2D eigenvalue weighted by atomic mass is 9.83. The Morgan fingerprint density at radius 1 is 1.30 bits per heavy atom. The Morgan fingerprint density at radius 2 is 1.87 bits per heavy atom. The smallest absolute Gasteiger partial charge is 0.274 e. The molecule has 0 saturated carbocycles. The first-order valence-electron chi connectivity index (χ1n) is 8.53. The first-order valence-corrected chi connectivity index (χ1v) is 8.53. The number of carbonyl (C=O) groups is 1. The largest absolute Gasteiger partial charge is 0.388 e. The molecule has 0 saturated heterocycles. The molecule has 1 unspecified atom stereocenters. The maximum Gasteiger partial charge on any atom is 0.274 e. The van der Waals surface area contributed by atoms with Crippen molar-refractivity contribution in [2.24, 2.45) is 0 Å². The van der Waals surface area contributed by atoms with Crippen LogP contribution in [0.3, 0.4) is 0 Å². The number of aliphatic hydroxyl groups is 1. The Balaban J connectivity index is 3.00. The van der Waals surface area contributed by atoms with Crippen molar-refractivity contribution >= 4 is 5.91 Å². The molecule has 0 spiro atoms. The molecule has 2 N–H and O–H groups in total. The number of aromatic nitrogens is 1. The Bertz CT molecular complexity index is 505. The average Bonchev–Trinajstić information content (AvgIpc) is 2.93. The van der Waals surface area contributed by atoms with E-state index in [-0.39, 0.29) is 29.8 Å². The van der Waals surface area contributed by atoms with Crippen molar-refractivity contribution in [3.63, 3.8) is 0 Å². The average molecular weight is 325 g/mol. The molecule has 0 aliphatic heterocycles. The second kappa shape index (κ2) is 8.45. The van der Waals surface area contributed by atoms with Gasteiger partial charge in [-0.15, -0.1) is 0 Å². The van der Waals surface area contributed by atoms with Gasteiger partial charge in [0.15, 0.2) is 11.5 Å². The van der Waals surface area contributed by atoms with Crippen molar-refractivity contribution < 1.29 is 14.4 Å². The van der Waals surface area contributed by atoms with Gasteiger partial charge in [-0.1, -0.05) is 32.9 Å². The number of hydrogen-bond donors (Lipinski definition) is 2. The summed E-state index contributed by atoms with van der Waals surface area (Å²) < 4.78 is 5.00. The van der Waals surface area contributed by atoms with E-state index >= 15 is 0 Å². The molecule has 132 valence electrons. The zero-order chi connectivity index (χ0) is 17.6. The molecular weight excluding hydrogens is 294 g/mol. The van der Waals surface area contributed by atoms with Gasteiger partial charge in [-0.05, 0) is 39.8 Å². The second-order valence-electron chi connectivity index (χ2n) is 5.92. The minimum atomic E-state index is -0.255. The fourth-order valence-electron chi connectivity index (χ4n) is 3.57. The molecule has 0 aromatic carbocycles. The normalized spacial score (nSPS) is 13.4. The Morgan fingerprint density at radius 3 is 2.26 bits per heavy atom. The van der Waals surface area contributed by atoms with Gasteiger partial charge in [0.2, 0.25) is 0 Å². The lowest BCUT2D eigenvalue weighted by Crippen LogP contribution is -2.60. The predicted molar refractivity (Wildman–Crippen MR) is 90.3 cm³/mol. The number of likely N-dealkylation sites (N-methyl/N-ethyl adjacent to an activating group) is 1. The summed E-state index contributed by atoms with van der Waals surface area (Å²) in [4.78, 5) is 15.0. The maximum absolute atomic E-state index is 12.5. The summed E-state index contributed by atoms with van der Waals surface area (Å²) in [5.74, 6) is 0.0840. The highest BCUT2D eigenvalue weighted by Gasteiger charge is 2.38. The molecule has 1 amide bonds. The number of amides is 1. The summed E-state index contributed by atoms with van der Waals surface area (Å²) in [6.45, 7) is 14.0. The molecule has 1 atom stereocenters. The molecule has 0 aliphatic carbocycles. The second-order valence-corrected chi connectivity index (χ2v) is 5.92. The molecule has 0 fully saturated rings. The Labute approximate surface area is 139 Å². The van der Waals surface area contributed by atoms with E-state index in [1.807, 2.05) is 6.92 Å². The highest BCUT2D eigenvalue weighted by Crippen LogP contribution is 2.28.